The van der Waals surface area contributed by atoms with Crippen molar-refractivity contribution in [2.45, 2.75) is 6.54 Å². The summed E-state index contributed by atoms with van der Waals surface area (Å²) >= 11 is 0. The predicted octanol–water partition coefficient (Wildman–Crippen LogP) is 2.99. The summed E-state index contributed by atoms with van der Waals surface area (Å²) in [4.78, 5) is 9.19. The summed E-state index contributed by atoms with van der Waals surface area (Å²) in [5.74, 6) is 1.10. The zero-order chi connectivity index (χ0) is 16.4. The van der Waals surface area contributed by atoms with Crippen LogP contribution in [-0.4, -0.2) is 19.1 Å². The summed E-state index contributed by atoms with van der Waals surface area (Å²) in [5, 5.41) is 0. The molecule has 0 spiro atoms. The van der Waals surface area contributed by atoms with Crippen molar-refractivity contribution < 1.29 is 4.40 Å². The quantitative estimate of drug-likeness (QED) is 0.436. The third-order valence-electron chi connectivity index (χ3n) is 4.92. The molecule has 0 bridgehead atoms. The number of nitrogens with zero attached hydrogens (tertiary/aromatic N) is 5. The van der Waals surface area contributed by atoms with Crippen LogP contribution in [0.2, 0.25) is 0 Å². The van der Waals surface area contributed by atoms with E-state index in [1.54, 1.807) is 0 Å². The van der Waals surface area contributed by atoms with E-state index in [1.165, 1.54) is 11.3 Å². The summed E-state index contributed by atoms with van der Waals surface area (Å²) < 4.78 is 6.79. The highest BCUT2D eigenvalue weighted by atomic mass is 15.3. The second kappa shape index (κ2) is 4.54. The summed E-state index contributed by atoms with van der Waals surface area (Å²) in [6.07, 6.45) is 5.89. The van der Waals surface area contributed by atoms with Crippen molar-refractivity contribution in [3.8, 4) is 16.9 Å². The van der Waals surface area contributed by atoms with E-state index in [1.807, 2.05) is 30.6 Å². The van der Waals surface area contributed by atoms with Gasteiger partial charge in [0.1, 0.15) is 12.2 Å². The maximum atomic E-state index is 4.64. The number of pyridine rings is 2. The van der Waals surface area contributed by atoms with Crippen LogP contribution in [0.3, 0.4) is 0 Å². The first-order valence-corrected chi connectivity index (χ1v) is 8.32. The molecule has 118 valence electrons. The van der Waals surface area contributed by atoms with Crippen molar-refractivity contribution in [3.05, 3.63) is 78.9 Å². The Bertz CT molecular complexity index is 1260. The average Bonchev–Trinajstić information content (AvgIpc) is 3.30. The van der Waals surface area contributed by atoms with Gasteiger partial charge in [0.25, 0.3) is 5.65 Å². The number of imidazole rings is 2. The van der Waals surface area contributed by atoms with E-state index >= 15 is 0 Å². The molecule has 0 amide bonds. The zero-order valence-electron chi connectivity index (χ0n) is 13.4. The lowest BCUT2D eigenvalue weighted by atomic mass is 10.2. The number of rotatable bonds is 1. The van der Waals surface area contributed by atoms with Gasteiger partial charge in [0.05, 0.1) is 23.8 Å². The van der Waals surface area contributed by atoms with Crippen LogP contribution in [0.5, 0.6) is 0 Å². The second-order valence-corrected chi connectivity index (χ2v) is 6.29. The van der Waals surface area contributed by atoms with Gasteiger partial charge in [0.15, 0.2) is 5.52 Å². The molecule has 5 nitrogen and oxygen atoms in total. The Morgan fingerprint density at radius 2 is 1.72 bits per heavy atom. The number of hydrogen-bond acceptors (Lipinski definition) is 2. The van der Waals surface area contributed by atoms with Gasteiger partial charge in [-0.25, -0.2) is 9.13 Å². The minimum atomic E-state index is 0.783. The Balaban J connectivity index is 1.79. The molecule has 0 aliphatic carbocycles. The topological polar surface area (TPSA) is 39.7 Å². The van der Waals surface area contributed by atoms with Crippen LogP contribution >= 0.6 is 0 Å². The molecule has 5 heteroatoms. The van der Waals surface area contributed by atoms with E-state index < -0.39 is 0 Å². The van der Waals surface area contributed by atoms with Crippen LogP contribution in [0.15, 0.2) is 73.2 Å². The molecule has 0 N–H and O–H groups in total. The van der Waals surface area contributed by atoms with Crippen molar-refractivity contribution in [1.29, 1.82) is 0 Å². The van der Waals surface area contributed by atoms with Crippen molar-refractivity contribution >= 4 is 16.9 Å². The molecule has 0 unspecified atom stereocenters. The van der Waals surface area contributed by atoms with E-state index in [0.29, 0.717) is 0 Å². The zero-order valence-corrected chi connectivity index (χ0v) is 13.4. The van der Waals surface area contributed by atoms with Gasteiger partial charge in [-0.1, -0.05) is 18.2 Å². The molecule has 1 aliphatic heterocycles. The highest BCUT2D eigenvalue weighted by Crippen LogP contribution is 2.33. The van der Waals surface area contributed by atoms with Gasteiger partial charge in [-0.3, -0.25) is 4.98 Å². The fourth-order valence-electron chi connectivity index (χ4n) is 3.88. The van der Waals surface area contributed by atoms with Crippen molar-refractivity contribution in [3.63, 3.8) is 0 Å². The standard InChI is InChI=1S/C20H14N5/c1-2-6-14(7-3-1)25-17-9-5-11-22-19(17)24-13-18-15-8-4-10-21-16(15)12-23(18)20(24)25/h1-11,13H,12H2/q+1. The van der Waals surface area contributed by atoms with Gasteiger partial charge in [0.2, 0.25) is 0 Å². The van der Waals surface area contributed by atoms with E-state index in [2.05, 4.69) is 66.1 Å². The van der Waals surface area contributed by atoms with Gasteiger partial charge in [-0.05, 0) is 36.4 Å². The number of fused-ring (bicyclic) bond motifs is 7. The molecular formula is C20H14N5+. The van der Waals surface area contributed by atoms with Crippen molar-refractivity contribution in [2.75, 3.05) is 0 Å². The lowest BCUT2D eigenvalue weighted by molar-refractivity contribution is -0.482. The highest BCUT2D eigenvalue weighted by Gasteiger charge is 2.32. The highest BCUT2D eigenvalue weighted by molar-refractivity contribution is 5.77. The van der Waals surface area contributed by atoms with Gasteiger partial charge in [-0.15, -0.1) is 4.98 Å². The largest absolute Gasteiger partial charge is 0.334 e. The van der Waals surface area contributed by atoms with Crippen LogP contribution in [0.25, 0.3) is 33.9 Å². The molecule has 0 fully saturated rings. The Morgan fingerprint density at radius 1 is 0.880 bits per heavy atom. The molecule has 1 aliphatic rings. The first-order chi connectivity index (χ1) is 12.4. The molecule has 5 aromatic rings. The minimum Gasteiger partial charge on any atom is -0.258 e. The van der Waals surface area contributed by atoms with Crippen LogP contribution in [0.4, 0.5) is 0 Å². The number of hydrogen-bond donors (Lipinski definition) is 0. The number of para-hydroxylation sites is 1. The van der Waals surface area contributed by atoms with E-state index in [9.17, 15) is 0 Å². The Labute approximate surface area is 143 Å². The smallest absolute Gasteiger partial charge is 0.258 e. The predicted molar refractivity (Wildman–Crippen MR) is 94.6 cm³/mol. The van der Waals surface area contributed by atoms with Crippen LogP contribution < -0.4 is 4.40 Å². The van der Waals surface area contributed by atoms with E-state index in [-0.39, 0.29) is 0 Å². The maximum Gasteiger partial charge on any atom is 0.334 e. The third kappa shape index (κ3) is 1.59. The summed E-state index contributed by atoms with van der Waals surface area (Å²) in [7, 11) is 0. The van der Waals surface area contributed by atoms with Gasteiger partial charge < -0.3 is 0 Å². The molecule has 0 saturated carbocycles. The molecule has 0 radical (unpaired) electrons. The summed E-state index contributed by atoms with van der Waals surface area (Å²) in [5.41, 5.74) is 6.72. The number of benzene rings is 1. The minimum absolute atomic E-state index is 0.783. The van der Waals surface area contributed by atoms with E-state index in [4.69, 9.17) is 0 Å². The Kier molecular flexibility index (Phi) is 2.34. The lowest BCUT2D eigenvalue weighted by Gasteiger charge is -2.02. The SMILES string of the molecule is c1ccc(-n2c3cccnc3[n+]3cc4n(c23)Cc2ncccc2-4)cc1. The molecule has 6 rings (SSSR count). The van der Waals surface area contributed by atoms with E-state index in [0.717, 1.165) is 34.9 Å². The molecule has 5 heterocycles. The normalized spacial score (nSPS) is 12.6. The molecule has 0 atom stereocenters. The summed E-state index contributed by atoms with van der Waals surface area (Å²) in [6.45, 7) is 0.783. The first-order valence-electron chi connectivity index (χ1n) is 8.32. The fourth-order valence-corrected chi connectivity index (χ4v) is 3.88. The second-order valence-electron chi connectivity index (χ2n) is 6.29. The van der Waals surface area contributed by atoms with Crippen LogP contribution in [0, 0.1) is 0 Å². The molecular weight excluding hydrogens is 310 g/mol. The monoisotopic (exact) mass is 324 g/mol. The molecule has 25 heavy (non-hydrogen) atoms. The third-order valence-corrected chi connectivity index (χ3v) is 4.92. The van der Waals surface area contributed by atoms with Crippen molar-refractivity contribution in [1.82, 2.24) is 19.1 Å². The molecule has 1 aromatic carbocycles. The van der Waals surface area contributed by atoms with Gasteiger partial charge >= 0.3 is 5.78 Å². The Hall–Kier alpha value is -3.47. The van der Waals surface area contributed by atoms with Gasteiger partial charge in [-0.2, -0.15) is 4.40 Å². The van der Waals surface area contributed by atoms with Crippen LogP contribution in [0.1, 0.15) is 5.69 Å². The van der Waals surface area contributed by atoms with Gasteiger partial charge in [0, 0.05) is 11.8 Å². The lowest BCUT2D eigenvalue weighted by Crippen LogP contribution is -2.19. The average molecular weight is 324 g/mol. The fraction of sp³-hybridized carbons (Fsp3) is 0.0500. The Morgan fingerprint density at radius 3 is 2.64 bits per heavy atom. The maximum absolute atomic E-state index is 4.64. The molecule has 4 aromatic heterocycles. The van der Waals surface area contributed by atoms with Crippen LogP contribution in [-0.2, 0) is 6.54 Å². The number of aromatic nitrogens is 5. The van der Waals surface area contributed by atoms with Crippen molar-refractivity contribution in [2.24, 2.45) is 0 Å². The first kappa shape index (κ1) is 12.9. The molecule has 0 saturated heterocycles. The summed E-state index contributed by atoms with van der Waals surface area (Å²) in [6, 6.07) is 18.7.